The van der Waals surface area contributed by atoms with Gasteiger partial charge in [-0.3, -0.25) is 0 Å². The maximum atomic E-state index is 12.6. The number of hydrogen-bond acceptors (Lipinski definition) is 4. The predicted octanol–water partition coefficient (Wildman–Crippen LogP) is 3.25. The van der Waals surface area contributed by atoms with Gasteiger partial charge < -0.3 is 20.5 Å². The molecule has 7 heteroatoms. The van der Waals surface area contributed by atoms with Crippen LogP contribution in [0.2, 0.25) is 0 Å². The predicted molar refractivity (Wildman–Crippen MR) is 92.9 cm³/mol. The van der Waals surface area contributed by atoms with Crippen LogP contribution >= 0.6 is 0 Å². The topological polar surface area (TPSA) is 58.7 Å². The Bertz CT molecular complexity index is 596. The van der Waals surface area contributed by atoms with Crippen molar-refractivity contribution in [1.82, 2.24) is 4.90 Å². The van der Waals surface area contributed by atoms with E-state index in [1.165, 1.54) is 12.1 Å². The van der Waals surface area contributed by atoms with E-state index in [-0.39, 0.29) is 23.6 Å². The molecule has 0 amide bonds. The second kappa shape index (κ2) is 8.15. The number of hydrogen-bond donors (Lipinski definition) is 2. The minimum absolute atomic E-state index is 0.0348. The van der Waals surface area contributed by atoms with Crippen molar-refractivity contribution in [2.45, 2.75) is 56.5 Å². The number of benzene rings is 1. The molecule has 2 fully saturated rings. The van der Waals surface area contributed by atoms with Crippen LogP contribution in [0.4, 0.5) is 13.2 Å². The Labute approximate surface area is 152 Å². The highest BCUT2D eigenvalue weighted by molar-refractivity contribution is 5.32. The van der Waals surface area contributed by atoms with Crippen molar-refractivity contribution in [1.29, 1.82) is 0 Å². The van der Waals surface area contributed by atoms with Crippen LogP contribution in [-0.2, 0) is 0 Å². The summed E-state index contributed by atoms with van der Waals surface area (Å²) in [4.78, 5) is 2.26. The highest BCUT2D eigenvalue weighted by atomic mass is 19.4. The van der Waals surface area contributed by atoms with Crippen molar-refractivity contribution in [3.05, 3.63) is 29.8 Å². The minimum atomic E-state index is -4.71. The molecule has 1 saturated heterocycles. The van der Waals surface area contributed by atoms with Crippen LogP contribution in [0.1, 0.15) is 43.6 Å². The third kappa shape index (κ3) is 5.11. The van der Waals surface area contributed by atoms with E-state index in [1.54, 1.807) is 6.07 Å². The van der Waals surface area contributed by atoms with E-state index in [0.29, 0.717) is 6.54 Å². The molecule has 1 aliphatic heterocycles. The summed E-state index contributed by atoms with van der Waals surface area (Å²) in [6, 6.07) is 6.36. The number of ether oxygens (including phenoxy) is 1. The maximum absolute atomic E-state index is 12.6. The van der Waals surface area contributed by atoms with E-state index in [0.717, 1.165) is 50.8 Å². The second-order valence-electron chi connectivity index (χ2n) is 7.55. The summed E-state index contributed by atoms with van der Waals surface area (Å²) < 4.78 is 41.8. The molecule has 0 radical (unpaired) electrons. The van der Waals surface area contributed by atoms with E-state index >= 15 is 0 Å². The molecule has 4 nitrogen and oxygen atoms in total. The number of aliphatic hydroxyl groups is 1. The normalized spacial score (nSPS) is 28.9. The molecule has 1 aromatic carbocycles. The maximum Gasteiger partial charge on any atom is 0.573 e. The van der Waals surface area contributed by atoms with Gasteiger partial charge in [0.15, 0.2) is 0 Å². The Kier molecular flexibility index (Phi) is 6.10. The molecule has 26 heavy (non-hydrogen) atoms. The third-order valence-electron chi connectivity index (χ3n) is 5.58. The van der Waals surface area contributed by atoms with Gasteiger partial charge in [-0.2, -0.15) is 0 Å². The lowest BCUT2D eigenvalue weighted by atomic mass is 9.74. The minimum Gasteiger partial charge on any atom is -0.406 e. The van der Waals surface area contributed by atoms with E-state index in [1.807, 2.05) is 6.07 Å². The molecule has 4 atom stereocenters. The van der Waals surface area contributed by atoms with Crippen molar-refractivity contribution >= 4 is 0 Å². The van der Waals surface area contributed by atoms with E-state index in [4.69, 9.17) is 5.73 Å². The Morgan fingerprint density at radius 3 is 2.65 bits per heavy atom. The summed E-state index contributed by atoms with van der Waals surface area (Å²) in [5.74, 6) is -0.197. The third-order valence-corrected chi connectivity index (χ3v) is 5.58. The van der Waals surface area contributed by atoms with E-state index < -0.39 is 12.5 Å². The first-order valence-electron chi connectivity index (χ1n) is 9.33. The van der Waals surface area contributed by atoms with Gasteiger partial charge in [0.1, 0.15) is 5.75 Å². The fraction of sp³-hybridized carbons (Fsp3) is 0.684. The molecule has 1 aliphatic carbocycles. The molecule has 3 rings (SSSR count). The molecule has 146 valence electrons. The zero-order valence-corrected chi connectivity index (χ0v) is 14.8. The van der Waals surface area contributed by atoms with Gasteiger partial charge in [-0.25, -0.2) is 0 Å². The summed E-state index contributed by atoms with van der Waals surface area (Å²) in [5, 5.41) is 10.5. The average Bonchev–Trinajstić information content (AvgIpc) is 2.97. The lowest BCUT2D eigenvalue weighted by Gasteiger charge is -2.37. The van der Waals surface area contributed by atoms with Crippen LogP contribution < -0.4 is 10.5 Å². The lowest BCUT2D eigenvalue weighted by Crippen LogP contribution is -2.37. The van der Waals surface area contributed by atoms with Crippen LogP contribution in [0.25, 0.3) is 0 Å². The quantitative estimate of drug-likeness (QED) is 0.833. The number of likely N-dealkylation sites (tertiary alicyclic amines) is 1. The van der Waals surface area contributed by atoms with Crippen molar-refractivity contribution in [2.24, 2.45) is 11.7 Å². The van der Waals surface area contributed by atoms with Crippen LogP contribution in [0, 0.1) is 5.92 Å². The Hall–Kier alpha value is -1.31. The first-order chi connectivity index (χ1) is 12.3. The smallest absolute Gasteiger partial charge is 0.406 e. The van der Waals surface area contributed by atoms with Gasteiger partial charge in [-0.1, -0.05) is 25.0 Å². The van der Waals surface area contributed by atoms with Gasteiger partial charge in [0.05, 0.1) is 6.10 Å². The monoisotopic (exact) mass is 372 g/mol. The van der Waals surface area contributed by atoms with Crippen LogP contribution in [-0.4, -0.2) is 48.1 Å². The summed E-state index contributed by atoms with van der Waals surface area (Å²) in [7, 11) is 0. The highest BCUT2D eigenvalue weighted by Crippen LogP contribution is 2.38. The molecule has 1 aromatic rings. The van der Waals surface area contributed by atoms with Crippen LogP contribution in [0.15, 0.2) is 24.3 Å². The molecular weight excluding hydrogens is 345 g/mol. The van der Waals surface area contributed by atoms with Gasteiger partial charge in [-0.15, -0.1) is 13.2 Å². The van der Waals surface area contributed by atoms with E-state index in [2.05, 4.69) is 9.64 Å². The van der Waals surface area contributed by atoms with Gasteiger partial charge >= 0.3 is 6.36 Å². The Balaban J connectivity index is 1.83. The van der Waals surface area contributed by atoms with E-state index in [9.17, 15) is 18.3 Å². The molecule has 0 bridgehead atoms. The molecule has 0 spiro atoms. The number of aliphatic hydroxyl groups excluding tert-OH is 1. The molecule has 1 saturated carbocycles. The molecular formula is C19H27F3N2O2. The first kappa shape index (κ1) is 19.5. The number of rotatable bonds is 5. The molecule has 2 aliphatic rings. The highest BCUT2D eigenvalue weighted by Gasteiger charge is 2.35. The largest absolute Gasteiger partial charge is 0.573 e. The van der Waals surface area contributed by atoms with Crippen LogP contribution in [0.3, 0.4) is 0 Å². The average molecular weight is 372 g/mol. The van der Waals surface area contributed by atoms with Gasteiger partial charge in [0, 0.05) is 25.0 Å². The van der Waals surface area contributed by atoms with Crippen molar-refractivity contribution < 1.29 is 23.0 Å². The van der Waals surface area contributed by atoms with Gasteiger partial charge in [0.25, 0.3) is 0 Å². The first-order valence-corrected chi connectivity index (χ1v) is 9.33. The molecule has 3 unspecified atom stereocenters. The fourth-order valence-corrected chi connectivity index (χ4v) is 4.35. The van der Waals surface area contributed by atoms with Gasteiger partial charge in [-0.05, 0) is 49.4 Å². The fourth-order valence-electron chi connectivity index (χ4n) is 4.35. The number of nitrogens with zero attached hydrogens (tertiary/aromatic N) is 1. The van der Waals surface area contributed by atoms with Gasteiger partial charge in [0.2, 0.25) is 0 Å². The number of nitrogens with two attached hydrogens (primary N) is 1. The summed E-state index contributed by atoms with van der Waals surface area (Å²) in [5.41, 5.74) is 6.79. The molecule has 1 heterocycles. The number of halogens is 3. The molecule has 0 aromatic heterocycles. The molecule has 3 N–H and O–H groups in total. The SMILES string of the molecule is N[C@H]1CCN(CC(c2cccc(OC(F)(F)F)c2)C2CCCCC2O)C1. The summed E-state index contributed by atoms with van der Waals surface area (Å²) in [6.45, 7) is 2.38. The lowest BCUT2D eigenvalue weighted by molar-refractivity contribution is -0.274. The Morgan fingerprint density at radius 2 is 2.00 bits per heavy atom. The zero-order chi connectivity index (χ0) is 18.7. The Morgan fingerprint density at radius 1 is 1.23 bits per heavy atom. The summed E-state index contributed by atoms with van der Waals surface area (Å²) >= 11 is 0. The zero-order valence-electron chi connectivity index (χ0n) is 14.8. The standard InChI is InChI=1S/C19H27F3N2O2/c20-19(21,22)26-15-5-3-4-13(10-15)17(12-24-9-8-14(23)11-24)16-6-1-2-7-18(16)25/h3-5,10,14,16-18,25H,1-2,6-9,11-12,23H2/t14-,16?,17?,18?/m0/s1. The second-order valence-corrected chi connectivity index (χ2v) is 7.55. The van der Waals surface area contributed by atoms with Crippen molar-refractivity contribution in [3.63, 3.8) is 0 Å². The summed E-state index contributed by atoms with van der Waals surface area (Å²) in [6.07, 6.45) is -0.531. The van der Waals surface area contributed by atoms with Crippen LogP contribution in [0.5, 0.6) is 5.75 Å². The van der Waals surface area contributed by atoms with Crippen molar-refractivity contribution in [3.8, 4) is 5.75 Å². The number of alkyl halides is 3. The van der Waals surface area contributed by atoms with Crippen molar-refractivity contribution in [2.75, 3.05) is 19.6 Å².